The minimum Gasteiger partial charge on any atom is -0.379 e. The predicted molar refractivity (Wildman–Crippen MR) is 105 cm³/mol. The second-order valence-corrected chi connectivity index (χ2v) is 7.09. The van der Waals surface area contributed by atoms with Crippen LogP contribution in [0.25, 0.3) is 0 Å². The van der Waals surface area contributed by atoms with E-state index in [1.165, 1.54) is 0 Å². The summed E-state index contributed by atoms with van der Waals surface area (Å²) in [6.45, 7) is 4.04. The van der Waals surface area contributed by atoms with E-state index in [0.29, 0.717) is 30.3 Å². The number of halogens is 2. The molecule has 1 fully saturated rings. The van der Waals surface area contributed by atoms with Crippen LogP contribution in [0.2, 0.25) is 10.0 Å². The summed E-state index contributed by atoms with van der Waals surface area (Å²) in [5, 5.41) is 4.67. The molecule has 4 nitrogen and oxygen atoms in total. The van der Waals surface area contributed by atoms with Crippen LogP contribution in [0, 0.1) is 0 Å². The molecule has 1 N–H and O–H groups in total. The lowest BCUT2D eigenvalue weighted by Crippen LogP contribution is -2.43. The summed E-state index contributed by atoms with van der Waals surface area (Å²) in [6, 6.07) is 14.9. The monoisotopic (exact) mass is 392 g/mol. The molecule has 6 heteroatoms. The summed E-state index contributed by atoms with van der Waals surface area (Å²) in [6.07, 6.45) is 0. The number of rotatable bonds is 7. The van der Waals surface area contributed by atoms with E-state index in [9.17, 15) is 4.79 Å². The average molecular weight is 393 g/mol. The van der Waals surface area contributed by atoms with Gasteiger partial charge in [-0.3, -0.25) is 9.69 Å². The fourth-order valence-corrected chi connectivity index (χ4v) is 3.52. The first-order chi connectivity index (χ1) is 12.6. The van der Waals surface area contributed by atoms with Crippen molar-refractivity contribution in [2.45, 2.75) is 6.04 Å². The molecule has 138 valence electrons. The number of morpholine rings is 1. The smallest absolute Gasteiger partial charge is 0.176 e. The molecule has 1 unspecified atom stereocenters. The van der Waals surface area contributed by atoms with E-state index in [-0.39, 0.29) is 18.4 Å². The van der Waals surface area contributed by atoms with Crippen molar-refractivity contribution in [1.82, 2.24) is 10.2 Å². The van der Waals surface area contributed by atoms with Gasteiger partial charge < -0.3 is 10.1 Å². The van der Waals surface area contributed by atoms with Gasteiger partial charge in [0.15, 0.2) is 5.78 Å². The highest BCUT2D eigenvalue weighted by atomic mass is 35.5. The average Bonchev–Trinajstić information content (AvgIpc) is 2.67. The van der Waals surface area contributed by atoms with Crippen LogP contribution in [-0.4, -0.2) is 50.1 Å². The lowest BCUT2D eigenvalue weighted by Gasteiger charge is -2.35. The number of benzene rings is 2. The normalized spacial score (nSPS) is 16.4. The Labute approximate surface area is 164 Å². The summed E-state index contributed by atoms with van der Waals surface area (Å²) in [5.74, 6) is 0.0431. The van der Waals surface area contributed by atoms with Gasteiger partial charge in [0, 0.05) is 41.3 Å². The van der Waals surface area contributed by atoms with Crippen LogP contribution in [0.5, 0.6) is 0 Å². The Hall–Kier alpha value is -1.43. The number of ether oxygens (including phenoxy) is 1. The number of hydrogen-bond acceptors (Lipinski definition) is 4. The molecule has 1 aliphatic heterocycles. The van der Waals surface area contributed by atoms with Gasteiger partial charge >= 0.3 is 0 Å². The summed E-state index contributed by atoms with van der Waals surface area (Å²) in [7, 11) is 0. The van der Waals surface area contributed by atoms with Crippen LogP contribution in [-0.2, 0) is 4.74 Å². The molecule has 1 heterocycles. The van der Waals surface area contributed by atoms with Crippen molar-refractivity contribution in [1.29, 1.82) is 0 Å². The zero-order valence-electron chi connectivity index (χ0n) is 14.5. The Morgan fingerprint density at radius 1 is 1.08 bits per heavy atom. The highest BCUT2D eigenvalue weighted by molar-refractivity contribution is 6.31. The van der Waals surface area contributed by atoms with Crippen molar-refractivity contribution < 1.29 is 9.53 Å². The summed E-state index contributed by atoms with van der Waals surface area (Å²) in [5.41, 5.74) is 1.73. The quantitative estimate of drug-likeness (QED) is 0.726. The number of Topliss-reactive ketones (excluding diaryl/α,β-unsaturated/α-hetero) is 1. The number of nitrogens with one attached hydrogen (secondary N) is 1. The van der Waals surface area contributed by atoms with Gasteiger partial charge in [0.25, 0.3) is 0 Å². The Bertz CT molecular complexity index is 731. The molecule has 0 spiro atoms. The number of ketones is 1. The van der Waals surface area contributed by atoms with Crippen molar-refractivity contribution in [2.75, 3.05) is 39.4 Å². The molecule has 0 aromatic heterocycles. The van der Waals surface area contributed by atoms with Gasteiger partial charge in [-0.25, -0.2) is 0 Å². The molecular weight excluding hydrogens is 371 g/mol. The standard InChI is InChI=1S/C20H22Cl2N2O2/c21-16-7-5-15(6-8-16)20(25)14-23-13-19(24-9-11-26-12-10-24)17-3-1-2-4-18(17)22/h1-8,19,23H,9-14H2. The van der Waals surface area contributed by atoms with Gasteiger partial charge in [-0.05, 0) is 35.9 Å². The van der Waals surface area contributed by atoms with E-state index in [2.05, 4.69) is 10.2 Å². The molecule has 3 rings (SSSR count). The van der Waals surface area contributed by atoms with Gasteiger partial charge in [0.1, 0.15) is 0 Å². The largest absolute Gasteiger partial charge is 0.379 e. The highest BCUT2D eigenvalue weighted by Crippen LogP contribution is 2.27. The van der Waals surface area contributed by atoms with E-state index in [4.69, 9.17) is 27.9 Å². The van der Waals surface area contributed by atoms with Gasteiger partial charge in [-0.2, -0.15) is 0 Å². The highest BCUT2D eigenvalue weighted by Gasteiger charge is 2.24. The van der Waals surface area contributed by atoms with Crippen LogP contribution in [0.1, 0.15) is 22.0 Å². The van der Waals surface area contributed by atoms with Crippen LogP contribution < -0.4 is 5.32 Å². The van der Waals surface area contributed by atoms with Gasteiger partial charge in [-0.15, -0.1) is 0 Å². The third-order valence-corrected chi connectivity index (χ3v) is 5.14. The van der Waals surface area contributed by atoms with E-state index >= 15 is 0 Å². The molecule has 0 aliphatic carbocycles. The van der Waals surface area contributed by atoms with Crippen molar-refractivity contribution in [2.24, 2.45) is 0 Å². The molecule has 2 aromatic carbocycles. The molecule has 1 saturated heterocycles. The molecular formula is C20H22Cl2N2O2. The SMILES string of the molecule is O=C(CNCC(c1ccccc1Cl)N1CCOCC1)c1ccc(Cl)cc1. The van der Waals surface area contributed by atoms with Gasteiger partial charge in [-0.1, -0.05) is 41.4 Å². The summed E-state index contributed by atoms with van der Waals surface area (Å²) in [4.78, 5) is 14.7. The molecule has 26 heavy (non-hydrogen) atoms. The van der Waals surface area contributed by atoms with Crippen molar-refractivity contribution >= 4 is 29.0 Å². The minimum absolute atomic E-state index is 0.0431. The molecule has 0 radical (unpaired) electrons. The number of carbonyl (C=O) groups is 1. The third-order valence-electron chi connectivity index (χ3n) is 4.54. The van der Waals surface area contributed by atoms with Crippen LogP contribution in [0.3, 0.4) is 0 Å². The van der Waals surface area contributed by atoms with Crippen molar-refractivity contribution in [3.63, 3.8) is 0 Å². The number of nitrogens with zero attached hydrogens (tertiary/aromatic N) is 1. The van der Waals surface area contributed by atoms with Crippen LogP contribution in [0.15, 0.2) is 48.5 Å². The Kier molecular flexibility index (Phi) is 7.06. The molecule has 0 bridgehead atoms. The maximum Gasteiger partial charge on any atom is 0.176 e. The lowest BCUT2D eigenvalue weighted by molar-refractivity contribution is 0.0162. The number of hydrogen-bond donors (Lipinski definition) is 1. The maximum absolute atomic E-state index is 12.4. The first kappa shape index (κ1) is 19.3. The van der Waals surface area contributed by atoms with Gasteiger partial charge in [0.05, 0.1) is 19.8 Å². The lowest BCUT2D eigenvalue weighted by atomic mass is 10.0. The molecule has 1 aliphatic rings. The van der Waals surface area contributed by atoms with Crippen molar-refractivity contribution in [3.05, 3.63) is 69.7 Å². The number of carbonyl (C=O) groups excluding carboxylic acids is 1. The molecule has 0 saturated carbocycles. The topological polar surface area (TPSA) is 41.6 Å². The third kappa shape index (κ3) is 5.06. The fourth-order valence-electron chi connectivity index (χ4n) is 3.13. The second kappa shape index (κ2) is 9.49. The first-order valence-corrected chi connectivity index (χ1v) is 9.46. The summed E-state index contributed by atoms with van der Waals surface area (Å²) < 4.78 is 5.47. The van der Waals surface area contributed by atoms with E-state index in [1.54, 1.807) is 24.3 Å². The second-order valence-electron chi connectivity index (χ2n) is 6.25. The van der Waals surface area contributed by atoms with E-state index in [1.807, 2.05) is 24.3 Å². The fraction of sp³-hybridized carbons (Fsp3) is 0.350. The molecule has 2 aromatic rings. The zero-order valence-corrected chi connectivity index (χ0v) is 16.0. The first-order valence-electron chi connectivity index (χ1n) is 8.71. The minimum atomic E-state index is 0.0431. The Morgan fingerprint density at radius 2 is 1.77 bits per heavy atom. The maximum atomic E-state index is 12.4. The molecule has 1 atom stereocenters. The van der Waals surface area contributed by atoms with Gasteiger partial charge in [0.2, 0.25) is 0 Å². The van der Waals surface area contributed by atoms with Crippen molar-refractivity contribution in [3.8, 4) is 0 Å². The predicted octanol–water partition coefficient (Wildman–Crippen LogP) is 3.84. The summed E-state index contributed by atoms with van der Waals surface area (Å²) >= 11 is 12.3. The Morgan fingerprint density at radius 3 is 2.46 bits per heavy atom. The molecule has 0 amide bonds. The van der Waals surface area contributed by atoms with Crippen LogP contribution in [0.4, 0.5) is 0 Å². The van der Waals surface area contributed by atoms with E-state index < -0.39 is 0 Å². The van der Waals surface area contributed by atoms with E-state index in [0.717, 1.165) is 23.7 Å². The zero-order chi connectivity index (χ0) is 18.4. The Balaban J connectivity index is 1.65. The van der Waals surface area contributed by atoms with Crippen LogP contribution >= 0.6 is 23.2 Å².